The number of carbonyl (C=O) groups excluding carboxylic acids is 2. The van der Waals surface area contributed by atoms with Crippen LogP contribution in [0.15, 0.2) is 54.6 Å². The lowest BCUT2D eigenvalue weighted by Gasteiger charge is -2.37. The summed E-state index contributed by atoms with van der Waals surface area (Å²) >= 11 is 0. The number of aryl methyl sites for hydroxylation is 2. The summed E-state index contributed by atoms with van der Waals surface area (Å²) in [6.07, 6.45) is 0. The summed E-state index contributed by atoms with van der Waals surface area (Å²) in [5, 5.41) is 4.41. The number of para-hydroxylation sites is 1. The maximum Gasteiger partial charge on any atom is 0.253 e. The van der Waals surface area contributed by atoms with Crippen molar-refractivity contribution in [2.75, 3.05) is 45.2 Å². The van der Waals surface area contributed by atoms with Crippen molar-refractivity contribution in [1.29, 1.82) is 0 Å². The Morgan fingerprint density at radius 2 is 1.61 bits per heavy atom. The van der Waals surface area contributed by atoms with Crippen LogP contribution in [0.25, 0.3) is 11.1 Å². The van der Waals surface area contributed by atoms with Gasteiger partial charge >= 0.3 is 0 Å². The van der Waals surface area contributed by atoms with Gasteiger partial charge in [-0.1, -0.05) is 30.3 Å². The highest BCUT2D eigenvalue weighted by Gasteiger charge is 2.23. The molecule has 1 aliphatic heterocycles. The van der Waals surface area contributed by atoms with Gasteiger partial charge in [-0.15, -0.1) is 0 Å². The molecule has 0 unspecified atom stereocenters. The molecule has 1 aromatic heterocycles. The fourth-order valence-corrected chi connectivity index (χ4v) is 4.30. The van der Waals surface area contributed by atoms with Gasteiger partial charge in [0.05, 0.1) is 5.69 Å². The first-order chi connectivity index (χ1) is 15.8. The Labute approximate surface area is 195 Å². The Morgan fingerprint density at radius 1 is 0.939 bits per heavy atom. The number of nitrogens with zero attached hydrogens (tertiary/aromatic N) is 5. The average Bonchev–Trinajstić information content (AvgIpc) is 3.15. The van der Waals surface area contributed by atoms with Crippen molar-refractivity contribution in [1.82, 2.24) is 19.6 Å². The third-order valence-corrected chi connectivity index (χ3v) is 6.11. The fourth-order valence-electron chi connectivity index (χ4n) is 4.30. The lowest BCUT2D eigenvalue weighted by Crippen LogP contribution is -2.49. The van der Waals surface area contributed by atoms with Crippen LogP contribution in [0.5, 0.6) is 0 Å². The highest BCUT2D eigenvalue weighted by Crippen LogP contribution is 2.31. The molecule has 0 N–H and O–H groups in total. The van der Waals surface area contributed by atoms with Crippen LogP contribution in [0.2, 0.25) is 0 Å². The van der Waals surface area contributed by atoms with E-state index in [-0.39, 0.29) is 18.4 Å². The van der Waals surface area contributed by atoms with Crippen molar-refractivity contribution in [3.63, 3.8) is 0 Å². The molecule has 7 nitrogen and oxygen atoms in total. The van der Waals surface area contributed by atoms with Gasteiger partial charge in [0.2, 0.25) is 5.91 Å². The van der Waals surface area contributed by atoms with E-state index in [9.17, 15) is 9.59 Å². The monoisotopic (exact) mass is 445 g/mol. The molecule has 0 spiro atoms. The predicted molar refractivity (Wildman–Crippen MR) is 130 cm³/mol. The molecule has 33 heavy (non-hydrogen) atoms. The summed E-state index contributed by atoms with van der Waals surface area (Å²) in [7, 11) is 3.51. The topological polar surface area (TPSA) is 61.7 Å². The molecule has 1 fully saturated rings. The standard InChI is InChI=1S/C26H31N5O2/c1-19-17-20(2)31(27-19)18-25(32)30-15-13-29(14-16-30)24-8-6-5-7-23(24)21-9-11-22(12-10-21)26(33)28(3)4/h5-12,17H,13-16,18H2,1-4H3. The van der Waals surface area contributed by atoms with Gasteiger partial charge in [-0.2, -0.15) is 5.10 Å². The van der Waals surface area contributed by atoms with Crippen LogP contribution in [-0.2, 0) is 11.3 Å². The zero-order valence-electron chi connectivity index (χ0n) is 19.8. The molecule has 172 valence electrons. The maximum absolute atomic E-state index is 12.8. The Hall–Kier alpha value is -3.61. The summed E-state index contributed by atoms with van der Waals surface area (Å²) < 4.78 is 1.78. The van der Waals surface area contributed by atoms with Crippen LogP contribution in [-0.4, -0.2) is 71.7 Å². The van der Waals surface area contributed by atoms with Crippen molar-refractivity contribution < 1.29 is 9.59 Å². The molecular weight excluding hydrogens is 414 g/mol. The molecule has 0 atom stereocenters. The van der Waals surface area contributed by atoms with Crippen LogP contribution < -0.4 is 4.90 Å². The minimum Gasteiger partial charge on any atom is -0.367 e. The van der Waals surface area contributed by atoms with E-state index >= 15 is 0 Å². The van der Waals surface area contributed by atoms with Gasteiger partial charge in [0, 0.05) is 62.8 Å². The molecule has 0 saturated carbocycles. The molecule has 1 saturated heterocycles. The average molecular weight is 446 g/mol. The van der Waals surface area contributed by atoms with Crippen molar-refractivity contribution in [2.24, 2.45) is 0 Å². The minimum atomic E-state index is -0.00362. The molecule has 0 aliphatic carbocycles. The molecular formula is C26H31N5O2. The number of rotatable bonds is 5. The Kier molecular flexibility index (Phi) is 6.49. The Bertz CT molecular complexity index is 1140. The van der Waals surface area contributed by atoms with Crippen molar-refractivity contribution in [2.45, 2.75) is 20.4 Å². The number of amides is 2. The summed E-state index contributed by atoms with van der Waals surface area (Å²) in [5.41, 5.74) is 5.96. The van der Waals surface area contributed by atoms with Crippen LogP contribution in [0.4, 0.5) is 5.69 Å². The number of benzene rings is 2. The number of hydrogen-bond donors (Lipinski definition) is 0. The van der Waals surface area contributed by atoms with E-state index in [4.69, 9.17) is 0 Å². The van der Waals surface area contributed by atoms with E-state index in [0.29, 0.717) is 18.7 Å². The summed E-state index contributed by atoms with van der Waals surface area (Å²) in [6.45, 7) is 7.12. The van der Waals surface area contributed by atoms with Gasteiger partial charge in [-0.3, -0.25) is 14.3 Å². The Balaban J connectivity index is 1.44. The molecule has 3 aromatic rings. The van der Waals surface area contributed by atoms with E-state index in [1.165, 1.54) is 0 Å². The molecule has 7 heteroatoms. The van der Waals surface area contributed by atoms with Crippen molar-refractivity contribution >= 4 is 17.5 Å². The van der Waals surface area contributed by atoms with E-state index in [1.807, 2.05) is 61.2 Å². The molecule has 4 rings (SSSR count). The minimum absolute atomic E-state index is 0.00362. The SMILES string of the molecule is Cc1cc(C)n(CC(=O)N2CCN(c3ccccc3-c3ccc(C(=O)N(C)C)cc3)CC2)n1. The third kappa shape index (κ3) is 4.92. The van der Waals surface area contributed by atoms with Crippen LogP contribution in [0, 0.1) is 13.8 Å². The lowest BCUT2D eigenvalue weighted by atomic mass is 10.0. The Morgan fingerprint density at radius 3 is 2.21 bits per heavy atom. The van der Waals surface area contributed by atoms with E-state index in [0.717, 1.165) is 41.3 Å². The normalized spacial score (nSPS) is 13.8. The van der Waals surface area contributed by atoms with E-state index in [2.05, 4.69) is 22.1 Å². The van der Waals surface area contributed by atoms with Gasteiger partial charge in [-0.25, -0.2) is 0 Å². The van der Waals surface area contributed by atoms with Gasteiger partial charge in [0.25, 0.3) is 5.91 Å². The number of hydrogen-bond acceptors (Lipinski definition) is 4. The fraction of sp³-hybridized carbons (Fsp3) is 0.346. The second kappa shape index (κ2) is 9.48. The van der Waals surface area contributed by atoms with Gasteiger partial charge in [0.1, 0.15) is 6.54 Å². The first-order valence-corrected chi connectivity index (χ1v) is 11.3. The molecule has 1 aliphatic rings. The molecule has 0 radical (unpaired) electrons. The summed E-state index contributed by atoms with van der Waals surface area (Å²) in [5.74, 6) is 0.103. The third-order valence-electron chi connectivity index (χ3n) is 6.11. The van der Waals surface area contributed by atoms with Gasteiger partial charge in [0.15, 0.2) is 0 Å². The second-order valence-electron chi connectivity index (χ2n) is 8.75. The molecule has 2 amide bonds. The maximum atomic E-state index is 12.8. The highest BCUT2D eigenvalue weighted by molar-refractivity contribution is 5.94. The van der Waals surface area contributed by atoms with E-state index in [1.54, 1.807) is 23.7 Å². The van der Waals surface area contributed by atoms with Crippen LogP contribution >= 0.6 is 0 Å². The molecule has 2 aromatic carbocycles. The number of piperazine rings is 1. The number of anilines is 1. The molecule has 2 heterocycles. The molecule has 0 bridgehead atoms. The predicted octanol–water partition coefficient (Wildman–Crippen LogP) is 3.22. The summed E-state index contributed by atoms with van der Waals surface area (Å²) in [4.78, 5) is 30.9. The summed E-state index contributed by atoms with van der Waals surface area (Å²) in [6, 6.07) is 18.1. The highest BCUT2D eigenvalue weighted by atomic mass is 16.2. The van der Waals surface area contributed by atoms with Crippen molar-refractivity contribution in [3.05, 3.63) is 71.5 Å². The first kappa shape index (κ1) is 22.6. The zero-order chi connectivity index (χ0) is 23.5. The largest absolute Gasteiger partial charge is 0.367 e. The number of aromatic nitrogens is 2. The first-order valence-electron chi connectivity index (χ1n) is 11.3. The zero-order valence-corrected chi connectivity index (χ0v) is 19.8. The van der Waals surface area contributed by atoms with Crippen molar-refractivity contribution in [3.8, 4) is 11.1 Å². The quantitative estimate of drug-likeness (QED) is 0.605. The lowest BCUT2D eigenvalue weighted by molar-refractivity contribution is -0.132. The van der Waals surface area contributed by atoms with E-state index < -0.39 is 0 Å². The van der Waals surface area contributed by atoms with Gasteiger partial charge < -0.3 is 14.7 Å². The smallest absolute Gasteiger partial charge is 0.253 e. The second-order valence-corrected chi connectivity index (χ2v) is 8.75. The van der Waals surface area contributed by atoms with Crippen LogP contribution in [0.1, 0.15) is 21.7 Å². The van der Waals surface area contributed by atoms with Gasteiger partial charge in [-0.05, 0) is 43.7 Å². The number of carbonyl (C=O) groups is 2. The van der Waals surface area contributed by atoms with Crippen LogP contribution in [0.3, 0.4) is 0 Å².